The van der Waals surface area contributed by atoms with Gasteiger partial charge >= 0.3 is 0 Å². The Labute approximate surface area is 99.5 Å². The van der Waals surface area contributed by atoms with Crippen LogP contribution in [0.15, 0.2) is 18.5 Å². The molecule has 1 atom stereocenters. The molecule has 0 aliphatic heterocycles. The number of nitrogens with one attached hydrogen (secondary N) is 1. The normalized spacial score (nSPS) is 17.8. The summed E-state index contributed by atoms with van der Waals surface area (Å²) >= 11 is 5.36. The molecule has 2 aromatic rings. The van der Waals surface area contributed by atoms with E-state index in [0.717, 1.165) is 28.7 Å². The monoisotopic (exact) mass is 233 g/mol. The average molecular weight is 233 g/mol. The number of pyridine rings is 1. The topological polar surface area (TPSA) is 33.6 Å². The summed E-state index contributed by atoms with van der Waals surface area (Å²) in [5.41, 5.74) is 2.21. The number of hydrogen-bond acceptors (Lipinski definition) is 2. The van der Waals surface area contributed by atoms with Crippen LogP contribution in [0.1, 0.15) is 19.8 Å². The van der Waals surface area contributed by atoms with Gasteiger partial charge in [-0.1, -0.05) is 6.92 Å². The Morgan fingerprint density at radius 1 is 1.62 bits per heavy atom. The number of rotatable bonds is 3. The number of aromatic nitrogens is 3. The first-order valence-corrected chi connectivity index (χ1v) is 6.19. The van der Waals surface area contributed by atoms with Gasteiger partial charge in [0.1, 0.15) is 0 Å². The maximum atomic E-state index is 5.36. The Hall–Kier alpha value is -1.16. The fourth-order valence-corrected chi connectivity index (χ4v) is 2.58. The van der Waals surface area contributed by atoms with Gasteiger partial charge in [-0.15, -0.1) is 0 Å². The standard InChI is InChI=1S/C12H15N3S/c1-8(9-2-3-9)7-15-11-4-5-13-6-10(11)14-12(15)16/h4-6,8-9H,2-3,7H2,1H3,(H,14,16). The Balaban J connectivity index is 2.01. The summed E-state index contributed by atoms with van der Waals surface area (Å²) in [5, 5.41) is 0. The molecule has 1 unspecified atom stereocenters. The van der Waals surface area contributed by atoms with Crippen LogP contribution in [0.5, 0.6) is 0 Å². The molecule has 2 heterocycles. The molecule has 0 spiro atoms. The van der Waals surface area contributed by atoms with Crippen molar-refractivity contribution >= 4 is 23.3 Å². The van der Waals surface area contributed by atoms with Crippen molar-refractivity contribution in [2.24, 2.45) is 11.8 Å². The lowest BCUT2D eigenvalue weighted by molar-refractivity contribution is 0.434. The van der Waals surface area contributed by atoms with Gasteiger partial charge in [0, 0.05) is 12.7 Å². The molecule has 3 rings (SSSR count). The maximum absolute atomic E-state index is 5.36. The van der Waals surface area contributed by atoms with Gasteiger partial charge in [-0.25, -0.2) is 0 Å². The molecular formula is C12H15N3S. The van der Waals surface area contributed by atoms with Crippen LogP contribution in [0.2, 0.25) is 0 Å². The molecule has 4 heteroatoms. The van der Waals surface area contributed by atoms with E-state index in [-0.39, 0.29) is 0 Å². The van der Waals surface area contributed by atoms with Crippen LogP contribution in [-0.2, 0) is 6.54 Å². The van der Waals surface area contributed by atoms with E-state index in [4.69, 9.17) is 12.2 Å². The lowest BCUT2D eigenvalue weighted by Gasteiger charge is -2.11. The maximum Gasteiger partial charge on any atom is 0.178 e. The molecule has 1 N–H and O–H groups in total. The van der Waals surface area contributed by atoms with Gasteiger partial charge in [-0.2, -0.15) is 0 Å². The van der Waals surface area contributed by atoms with Gasteiger partial charge < -0.3 is 9.55 Å². The zero-order valence-corrected chi connectivity index (χ0v) is 10.1. The van der Waals surface area contributed by atoms with E-state index in [1.807, 2.05) is 18.5 Å². The predicted molar refractivity (Wildman–Crippen MR) is 66.8 cm³/mol. The second-order valence-electron chi connectivity index (χ2n) is 4.75. The van der Waals surface area contributed by atoms with E-state index < -0.39 is 0 Å². The molecule has 16 heavy (non-hydrogen) atoms. The summed E-state index contributed by atoms with van der Waals surface area (Å²) in [4.78, 5) is 7.31. The highest BCUT2D eigenvalue weighted by molar-refractivity contribution is 7.71. The summed E-state index contributed by atoms with van der Waals surface area (Å²) in [6.45, 7) is 3.34. The van der Waals surface area contributed by atoms with Gasteiger partial charge in [0.2, 0.25) is 0 Å². The van der Waals surface area contributed by atoms with Gasteiger partial charge in [-0.3, -0.25) is 4.98 Å². The molecule has 1 aliphatic carbocycles. The minimum absolute atomic E-state index is 0.721. The van der Waals surface area contributed by atoms with Crippen LogP contribution in [0.25, 0.3) is 11.0 Å². The molecule has 0 aromatic carbocycles. The summed E-state index contributed by atoms with van der Waals surface area (Å²) in [6, 6.07) is 2.03. The molecule has 0 radical (unpaired) electrons. The summed E-state index contributed by atoms with van der Waals surface area (Å²) < 4.78 is 3.02. The first-order chi connectivity index (χ1) is 7.75. The third-order valence-electron chi connectivity index (χ3n) is 3.47. The summed E-state index contributed by atoms with van der Waals surface area (Å²) in [7, 11) is 0. The van der Waals surface area contributed by atoms with Crippen LogP contribution in [0.3, 0.4) is 0 Å². The molecule has 0 saturated heterocycles. The Morgan fingerprint density at radius 2 is 2.44 bits per heavy atom. The number of aromatic amines is 1. The average Bonchev–Trinajstić information content (AvgIpc) is 3.06. The molecule has 0 amide bonds. The molecule has 1 saturated carbocycles. The van der Waals surface area contributed by atoms with Crippen LogP contribution in [0, 0.1) is 16.6 Å². The van der Waals surface area contributed by atoms with Crippen molar-refractivity contribution in [3.63, 3.8) is 0 Å². The van der Waals surface area contributed by atoms with Crippen molar-refractivity contribution in [2.75, 3.05) is 0 Å². The second kappa shape index (κ2) is 3.70. The lowest BCUT2D eigenvalue weighted by atomic mass is 10.1. The summed E-state index contributed by atoms with van der Waals surface area (Å²) in [5.74, 6) is 1.63. The fraction of sp³-hybridized carbons (Fsp3) is 0.500. The highest BCUT2D eigenvalue weighted by atomic mass is 32.1. The Bertz CT molecular complexity index is 565. The van der Waals surface area contributed by atoms with Crippen LogP contribution >= 0.6 is 12.2 Å². The van der Waals surface area contributed by atoms with Crippen LogP contribution in [0.4, 0.5) is 0 Å². The minimum atomic E-state index is 0.721. The summed E-state index contributed by atoms with van der Waals surface area (Å²) in [6.07, 6.45) is 6.43. The van der Waals surface area contributed by atoms with Crippen molar-refractivity contribution in [1.29, 1.82) is 0 Å². The largest absolute Gasteiger partial charge is 0.329 e. The molecule has 84 valence electrons. The van der Waals surface area contributed by atoms with Crippen molar-refractivity contribution in [3.8, 4) is 0 Å². The first kappa shape index (κ1) is 10.0. The van der Waals surface area contributed by atoms with Gasteiger partial charge in [0.05, 0.1) is 17.2 Å². The van der Waals surface area contributed by atoms with Crippen molar-refractivity contribution in [1.82, 2.24) is 14.5 Å². The first-order valence-electron chi connectivity index (χ1n) is 5.78. The number of H-pyrrole nitrogens is 1. The fourth-order valence-electron chi connectivity index (χ4n) is 2.29. The Morgan fingerprint density at radius 3 is 3.19 bits per heavy atom. The zero-order valence-electron chi connectivity index (χ0n) is 9.31. The molecular weight excluding hydrogens is 218 g/mol. The molecule has 1 aliphatic rings. The number of imidazole rings is 1. The lowest BCUT2D eigenvalue weighted by Crippen LogP contribution is -2.09. The van der Waals surface area contributed by atoms with E-state index in [0.29, 0.717) is 0 Å². The Kier molecular flexibility index (Phi) is 2.32. The minimum Gasteiger partial charge on any atom is -0.329 e. The van der Waals surface area contributed by atoms with Crippen LogP contribution < -0.4 is 0 Å². The van der Waals surface area contributed by atoms with Gasteiger partial charge in [-0.05, 0) is 43.0 Å². The van der Waals surface area contributed by atoms with Gasteiger partial charge in [0.15, 0.2) is 4.77 Å². The highest BCUT2D eigenvalue weighted by Crippen LogP contribution is 2.37. The number of nitrogens with zero attached hydrogens (tertiary/aromatic N) is 2. The van der Waals surface area contributed by atoms with Crippen molar-refractivity contribution < 1.29 is 0 Å². The third kappa shape index (κ3) is 1.67. The second-order valence-corrected chi connectivity index (χ2v) is 5.13. The van der Waals surface area contributed by atoms with E-state index in [2.05, 4.69) is 21.5 Å². The molecule has 3 nitrogen and oxygen atoms in total. The predicted octanol–water partition coefficient (Wildman–Crippen LogP) is 3.14. The van der Waals surface area contributed by atoms with Crippen molar-refractivity contribution in [2.45, 2.75) is 26.3 Å². The van der Waals surface area contributed by atoms with Crippen molar-refractivity contribution in [3.05, 3.63) is 23.2 Å². The van der Waals surface area contributed by atoms with E-state index in [1.54, 1.807) is 0 Å². The van der Waals surface area contributed by atoms with Gasteiger partial charge in [0.25, 0.3) is 0 Å². The van der Waals surface area contributed by atoms with E-state index >= 15 is 0 Å². The number of fused-ring (bicyclic) bond motifs is 1. The quantitative estimate of drug-likeness (QED) is 0.826. The molecule has 0 bridgehead atoms. The SMILES string of the molecule is CC(Cn1c(=S)[nH]c2cnccc21)C1CC1. The third-order valence-corrected chi connectivity index (χ3v) is 3.80. The van der Waals surface area contributed by atoms with Crippen LogP contribution in [-0.4, -0.2) is 14.5 Å². The highest BCUT2D eigenvalue weighted by Gasteiger charge is 2.28. The number of hydrogen-bond donors (Lipinski definition) is 1. The molecule has 1 fully saturated rings. The van der Waals surface area contributed by atoms with E-state index in [9.17, 15) is 0 Å². The molecule has 2 aromatic heterocycles. The smallest absolute Gasteiger partial charge is 0.178 e. The van der Waals surface area contributed by atoms with E-state index in [1.165, 1.54) is 18.4 Å². The zero-order chi connectivity index (χ0) is 11.1.